The van der Waals surface area contributed by atoms with Crippen LogP contribution in [0.5, 0.6) is 0 Å². The predicted molar refractivity (Wildman–Crippen MR) is 87.9 cm³/mol. The molecule has 1 aliphatic carbocycles. The van der Waals surface area contributed by atoms with Crippen LogP contribution in [0.15, 0.2) is 16.9 Å². The van der Waals surface area contributed by atoms with E-state index in [4.69, 9.17) is 0 Å². The van der Waals surface area contributed by atoms with Crippen LogP contribution in [0.4, 0.5) is 0 Å². The zero-order valence-corrected chi connectivity index (χ0v) is 13.3. The van der Waals surface area contributed by atoms with Crippen LogP contribution in [-0.4, -0.2) is 16.5 Å². The molecule has 3 rings (SSSR count). The van der Waals surface area contributed by atoms with Crippen molar-refractivity contribution in [3.63, 3.8) is 0 Å². The quantitative estimate of drug-likeness (QED) is 0.854. The van der Waals surface area contributed by atoms with Crippen molar-refractivity contribution < 1.29 is 0 Å². The van der Waals surface area contributed by atoms with E-state index < -0.39 is 0 Å². The molecule has 0 saturated carbocycles. The Hall–Kier alpha value is -1.46. The summed E-state index contributed by atoms with van der Waals surface area (Å²) in [6, 6.07) is 0. The highest BCUT2D eigenvalue weighted by atomic mass is 32.1. The molecule has 21 heavy (non-hydrogen) atoms. The van der Waals surface area contributed by atoms with Crippen molar-refractivity contribution in [1.29, 1.82) is 0 Å². The van der Waals surface area contributed by atoms with E-state index in [0.29, 0.717) is 12.5 Å². The molecule has 0 aromatic carbocycles. The van der Waals surface area contributed by atoms with Gasteiger partial charge in [-0.2, -0.15) is 0 Å². The van der Waals surface area contributed by atoms with Crippen molar-refractivity contribution in [2.45, 2.75) is 39.7 Å². The average Bonchev–Trinajstić information content (AvgIpc) is 2.75. The zero-order chi connectivity index (χ0) is 14.8. The van der Waals surface area contributed by atoms with Crippen LogP contribution in [0.25, 0.3) is 10.2 Å². The van der Waals surface area contributed by atoms with Crippen LogP contribution >= 0.6 is 11.3 Å². The maximum absolute atomic E-state index is 12.2. The Morgan fingerprint density at radius 1 is 1.43 bits per heavy atom. The summed E-state index contributed by atoms with van der Waals surface area (Å²) in [5.74, 6) is 1.44. The maximum Gasteiger partial charge on any atom is 0.259 e. The summed E-state index contributed by atoms with van der Waals surface area (Å²) >= 11 is 1.60. The molecule has 0 radical (unpaired) electrons. The molecule has 2 aromatic rings. The molecule has 2 aromatic heterocycles. The zero-order valence-electron chi connectivity index (χ0n) is 12.5. The summed E-state index contributed by atoms with van der Waals surface area (Å²) in [6.45, 7) is 5.63. The second-order valence-electron chi connectivity index (χ2n) is 5.76. The van der Waals surface area contributed by atoms with Gasteiger partial charge in [0.1, 0.15) is 10.7 Å². The summed E-state index contributed by atoms with van der Waals surface area (Å²) in [7, 11) is 0. The molecule has 1 unspecified atom stereocenters. The first-order valence-corrected chi connectivity index (χ1v) is 8.31. The lowest BCUT2D eigenvalue weighted by Crippen LogP contribution is -2.25. The van der Waals surface area contributed by atoms with Crippen molar-refractivity contribution in [2.24, 2.45) is 5.92 Å². The van der Waals surface area contributed by atoms with E-state index in [9.17, 15) is 4.79 Å². The molecular weight excluding hydrogens is 282 g/mol. The number of H-pyrrole nitrogens is 1. The molecule has 0 spiro atoms. The van der Waals surface area contributed by atoms with Crippen molar-refractivity contribution in [1.82, 2.24) is 15.3 Å². The van der Waals surface area contributed by atoms with Gasteiger partial charge in [0.15, 0.2) is 0 Å². The topological polar surface area (TPSA) is 57.8 Å². The van der Waals surface area contributed by atoms with E-state index >= 15 is 0 Å². The van der Waals surface area contributed by atoms with Crippen LogP contribution in [0.1, 0.15) is 35.5 Å². The number of aryl methyl sites for hydroxylation is 2. The van der Waals surface area contributed by atoms with E-state index in [1.54, 1.807) is 11.3 Å². The third kappa shape index (κ3) is 3.09. The lowest BCUT2D eigenvalue weighted by molar-refractivity contribution is 0.437. The SMILES string of the molecule is Cc1sc2nc(CNCC3CC=CCC3)[nH]c(=O)c2c1C. The van der Waals surface area contributed by atoms with Gasteiger partial charge in [-0.15, -0.1) is 11.3 Å². The van der Waals surface area contributed by atoms with Gasteiger partial charge in [-0.1, -0.05) is 12.2 Å². The number of hydrogen-bond acceptors (Lipinski definition) is 4. The van der Waals surface area contributed by atoms with Crippen LogP contribution in [0, 0.1) is 19.8 Å². The van der Waals surface area contributed by atoms with Gasteiger partial charge in [0.2, 0.25) is 0 Å². The summed E-state index contributed by atoms with van der Waals surface area (Å²) in [5.41, 5.74) is 1.04. The molecule has 1 aliphatic rings. The number of aromatic amines is 1. The molecule has 0 saturated heterocycles. The fourth-order valence-electron chi connectivity index (χ4n) is 2.82. The van der Waals surface area contributed by atoms with Gasteiger partial charge >= 0.3 is 0 Å². The van der Waals surface area contributed by atoms with E-state index in [2.05, 4.69) is 27.4 Å². The van der Waals surface area contributed by atoms with Crippen molar-refractivity contribution >= 4 is 21.6 Å². The van der Waals surface area contributed by atoms with Gasteiger partial charge in [0.25, 0.3) is 5.56 Å². The van der Waals surface area contributed by atoms with E-state index in [0.717, 1.165) is 34.6 Å². The molecule has 2 N–H and O–H groups in total. The van der Waals surface area contributed by atoms with E-state index in [-0.39, 0.29) is 5.56 Å². The highest BCUT2D eigenvalue weighted by Crippen LogP contribution is 2.25. The highest BCUT2D eigenvalue weighted by Gasteiger charge is 2.12. The maximum atomic E-state index is 12.2. The number of allylic oxidation sites excluding steroid dienone is 2. The molecule has 2 heterocycles. The van der Waals surface area contributed by atoms with E-state index in [1.165, 1.54) is 17.7 Å². The van der Waals surface area contributed by atoms with Crippen molar-refractivity contribution in [3.8, 4) is 0 Å². The number of hydrogen-bond donors (Lipinski definition) is 2. The van der Waals surface area contributed by atoms with Gasteiger partial charge < -0.3 is 10.3 Å². The Labute approximate surface area is 128 Å². The lowest BCUT2D eigenvalue weighted by atomic mass is 9.94. The lowest BCUT2D eigenvalue weighted by Gasteiger charge is -2.17. The summed E-state index contributed by atoms with van der Waals surface area (Å²) < 4.78 is 0. The molecule has 0 aliphatic heterocycles. The third-order valence-electron chi connectivity index (χ3n) is 4.19. The largest absolute Gasteiger partial charge is 0.310 e. The monoisotopic (exact) mass is 303 g/mol. The first-order chi connectivity index (χ1) is 10.1. The van der Waals surface area contributed by atoms with Gasteiger partial charge in [0, 0.05) is 4.88 Å². The number of rotatable bonds is 4. The second kappa shape index (κ2) is 6.12. The summed E-state index contributed by atoms with van der Waals surface area (Å²) in [6.07, 6.45) is 8.10. The number of nitrogens with zero attached hydrogens (tertiary/aromatic N) is 1. The Morgan fingerprint density at radius 2 is 2.29 bits per heavy atom. The molecule has 4 nitrogen and oxygen atoms in total. The minimum absolute atomic E-state index is 0.0146. The van der Waals surface area contributed by atoms with Gasteiger partial charge in [0.05, 0.1) is 11.9 Å². The number of nitrogens with one attached hydrogen (secondary N) is 2. The summed E-state index contributed by atoms with van der Waals surface area (Å²) in [4.78, 5) is 21.7. The molecule has 0 fully saturated rings. The first kappa shape index (κ1) is 14.5. The fourth-order valence-corrected chi connectivity index (χ4v) is 3.87. The minimum Gasteiger partial charge on any atom is -0.310 e. The Bertz CT molecular complexity index is 729. The molecule has 0 amide bonds. The van der Waals surface area contributed by atoms with Crippen LogP contribution < -0.4 is 10.9 Å². The van der Waals surface area contributed by atoms with Gasteiger partial charge in [-0.05, 0) is 51.1 Å². The van der Waals surface area contributed by atoms with Crippen LogP contribution in [0.3, 0.4) is 0 Å². The van der Waals surface area contributed by atoms with Gasteiger partial charge in [-0.3, -0.25) is 4.79 Å². The Kier molecular flexibility index (Phi) is 4.22. The standard InChI is InChI=1S/C16H21N3OS/c1-10-11(2)21-16-14(10)15(20)18-13(19-16)9-17-8-12-6-4-3-5-7-12/h3-4,12,17H,5-9H2,1-2H3,(H,18,19,20). The number of fused-ring (bicyclic) bond motifs is 1. The average molecular weight is 303 g/mol. The molecular formula is C16H21N3OS. The van der Waals surface area contributed by atoms with Gasteiger partial charge in [-0.25, -0.2) is 4.98 Å². The molecule has 1 atom stereocenters. The Balaban J connectivity index is 1.70. The number of thiophene rings is 1. The summed E-state index contributed by atoms with van der Waals surface area (Å²) in [5, 5.41) is 4.17. The van der Waals surface area contributed by atoms with E-state index in [1.807, 2.05) is 13.8 Å². The highest BCUT2D eigenvalue weighted by molar-refractivity contribution is 7.18. The fraction of sp³-hybridized carbons (Fsp3) is 0.500. The third-order valence-corrected chi connectivity index (χ3v) is 5.29. The molecule has 112 valence electrons. The van der Waals surface area contributed by atoms with Crippen LogP contribution in [-0.2, 0) is 6.54 Å². The van der Waals surface area contributed by atoms with Crippen LogP contribution in [0.2, 0.25) is 0 Å². The Morgan fingerprint density at radius 3 is 3.05 bits per heavy atom. The minimum atomic E-state index is -0.0146. The predicted octanol–water partition coefficient (Wildman–Crippen LogP) is 3.05. The normalized spacial score (nSPS) is 18.5. The first-order valence-electron chi connectivity index (χ1n) is 7.49. The smallest absolute Gasteiger partial charge is 0.259 e. The van der Waals surface area contributed by atoms with Crippen molar-refractivity contribution in [3.05, 3.63) is 38.8 Å². The molecule has 0 bridgehead atoms. The molecule has 5 heteroatoms. The number of aromatic nitrogens is 2. The second-order valence-corrected chi connectivity index (χ2v) is 6.96. The van der Waals surface area contributed by atoms with Crippen molar-refractivity contribution in [2.75, 3.05) is 6.54 Å².